The van der Waals surface area contributed by atoms with E-state index in [0.29, 0.717) is 24.5 Å². The summed E-state index contributed by atoms with van der Waals surface area (Å²) in [6, 6.07) is 7.40. The maximum atomic E-state index is 11.8. The number of alkyl halides is 3. The second-order valence-electron chi connectivity index (χ2n) is 3.88. The topological polar surface area (TPSA) is 12.0 Å². The number of halogens is 4. The molecule has 0 saturated carbocycles. The number of benzene rings is 1. The molecule has 0 amide bonds. The van der Waals surface area contributed by atoms with E-state index in [1.807, 2.05) is 18.2 Å². The third-order valence-corrected chi connectivity index (χ3v) is 2.52. The minimum absolute atomic E-state index is 0.173. The number of rotatable bonds is 6. The lowest BCUT2D eigenvalue weighted by Gasteiger charge is -2.07. The van der Waals surface area contributed by atoms with E-state index in [-0.39, 0.29) is 6.42 Å². The fourth-order valence-corrected chi connectivity index (χ4v) is 1.67. The molecule has 0 heterocycles. The molecule has 0 aliphatic carbocycles. The van der Waals surface area contributed by atoms with E-state index in [1.165, 1.54) is 0 Å². The maximum Gasteiger partial charge on any atom is 0.389 e. The van der Waals surface area contributed by atoms with Gasteiger partial charge < -0.3 is 5.32 Å². The van der Waals surface area contributed by atoms with E-state index in [1.54, 1.807) is 6.07 Å². The molecule has 1 aromatic carbocycles. The van der Waals surface area contributed by atoms with Gasteiger partial charge in [0.15, 0.2) is 0 Å². The first-order chi connectivity index (χ1) is 7.97. The van der Waals surface area contributed by atoms with Crippen LogP contribution in [0.25, 0.3) is 0 Å². The maximum absolute atomic E-state index is 11.8. The average Bonchev–Trinajstić information content (AvgIpc) is 2.22. The molecule has 0 aliphatic rings. The van der Waals surface area contributed by atoms with Crippen LogP contribution in [-0.4, -0.2) is 12.7 Å². The van der Waals surface area contributed by atoms with Crippen molar-refractivity contribution in [3.63, 3.8) is 0 Å². The molecule has 0 fully saturated rings. The highest BCUT2D eigenvalue weighted by Crippen LogP contribution is 2.21. The van der Waals surface area contributed by atoms with Gasteiger partial charge in [-0.15, -0.1) is 0 Å². The van der Waals surface area contributed by atoms with Gasteiger partial charge in [-0.1, -0.05) is 23.7 Å². The van der Waals surface area contributed by atoms with Crippen molar-refractivity contribution in [2.75, 3.05) is 6.54 Å². The number of unbranched alkanes of at least 4 members (excludes halogenated alkanes) is 1. The standard InChI is InChI=1S/C12H15ClF3N/c13-11-5-3-4-10(8-11)9-17-7-2-1-6-12(14,15)16/h3-5,8,17H,1-2,6-7,9H2. The van der Waals surface area contributed by atoms with E-state index >= 15 is 0 Å². The van der Waals surface area contributed by atoms with Crippen molar-refractivity contribution in [3.8, 4) is 0 Å². The van der Waals surface area contributed by atoms with Crippen LogP contribution in [0.4, 0.5) is 13.2 Å². The van der Waals surface area contributed by atoms with Gasteiger partial charge in [-0.2, -0.15) is 13.2 Å². The zero-order valence-corrected chi connectivity index (χ0v) is 10.1. The first kappa shape index (κ1) is 14.3. The first-order valence-electron chi connectivity index (χ1n) is 5.49. The second-order valence-corrected chi connectivity index (χ2v) is 4.32. The molecular weight excluding hydrogens is 251 g/mol. The fourth-order valence-electron chi connectivity index (χ4n) is 1.46. The van der Waals surface area contributed by atoms with Crippen LogP contribution in [0.5, 0.6) is 0 Å². The minimum Gasteiger partial charge on any atom is -0.313 e. The van der Waals surface area contributed by atoms with Gasteiger partial charge in [0.25, 0.3) is 0 Å². The lowest BCUT2D eigenvalue weighted by atomic mass is 10.2. The molecule has 1 nitrogen and oxygen atoms in total. The Morgan fingerprint density at radius 3 is 2.59 bits per heavy atom. The summed E-state index contributed by atoms with van der Waals surface area (Å²) in [7, 11) is 0. The molecule has 0 bridgehead atoms. The van der Waals surface area contributed by atoms with Crippen LogP contribution in [0.2, 0.25) is 5.02 Å². The molecular formula is C12H15ClF3N. The Balaban J connectivity index is 2.09. The largest absolute Gasteiger partial charge is 0.389 e. The summed E-state index contributed by atoms with van der Waals surface area (Å²) in [5.74, 6) is 0. The molecule has 96 valence electrons. The van der Waals surface area contributed by atoms with Crippen molar-refractivity contribution in [1.82, 2.24) is 5.32 Å². The zero-order valence-electron chi connectivity index (χ0n) is 9.36. The lowest BCUT2D eigenvalue weighted by molar-refractivity contribution is -0.135. The molecule has 0 radical (unpaired) electrons. The molecule has 0 saturated heterocycles. The van der Waals surface area contributed by atoms with Gasteiger partial charge in [0.05, 0.1) is 0 Å². The highest BCUT2D eigenvalue weighted by Gasteiger charge is 2.25. The van der Waals surface area contributed by atoms with Crippen molar-refractivity contribution in [2.45, 2.75) is 32.0 Å². The number of hydrogen-bond donors (Lipinski definition) is 1. The fraction of sp³-hybridized carbons (Fsp3) is 0.500. The van der Waals surface area contributed by atoms with Gasteiger partial charge in [0, 0.05) is 18.0 Å². The third kappa shape index (κ3) is 7.23. The summed E-state index contributed by atoms with van der Waals surface area (Å²) in [4.78, 5) is 0. The molecule has 1 N–H and O–H groups in total. The minimum atomic E-state index is -4.03. The predicted octanol–water partition coefficient (Wildman–Crippen LogP) is 4.16. The summed E-state index contributed by atoms with van der Waals surface area (Å²) >= 11 is 5.80. The lowest BCUT2D eigenvalue weighted by Crippen LogP contribution is -2.15. The van der Waals surface area contributed by atoms with Gasteiger partial charge in [-0.25, -0.2) is 0 Å². The Kier molecular flexibility index (Phi) is 5.78. The SMILES string of the molecule is FC(F)(F)CCCCNCc1cccc(Cl)c1. The third-order valence-electron chi connectivity index (χ3n) is 2.28. The Morgan fingerprint density at radius 1 is 1.18 bits per heavy atom. The Hall–Kier alpha value is -0.740. The summed E-state index contributed by atoms with van der Waals surface area (Å²) in [6.45, 7) is 1.22. The van der Waals surface area contributed by atoms with Crippen molar-refractivity contribution in [1.29, 1.82) is 0 Å². The predicted molar refractivity (Wildman–Crippen MR) is 63.1 cm³/mol. The van der Waals surface area contributed by atoms with Gasteiger partial charge >= 0.3 is 6.18 Å². The monoisotopic (exact) mass is 265 g/mol. The first-order valence-corrected chi connectivity index (χ1v) is 5.87. The van der Waals surface area contributed by atoms with E-state index in [0.717, 1.165) is 5.56 Å². The average molecular weight is 266 g/mol. The van der Waals surface area contributed by atoms with Gasteiger partial charge in [0.2, 0.25) is 0 Å². The molecule has 0 atom stereocenters. The van der Waals surface area contributed by atoms with E-state index in [9.17, 15) is 13.2 Å². The molecule has 1 rings (SSSR count). The zero-order chi connectivity index (χ0) is 12.7. The Morgan fingerprint density at radius 2 is 1.94 bits per heavy atom. The van der Waals surface area contributed by atoms with Crippen LogP contribution < -0.4 is 5.32 Å². The quantitative estimate of drug-likeness (QED) is 0.762. The van der Waals surface area contributed by atoms with E-state index in [4.69, 9.17) is 11.6 Å². The molecule has 0 unspecified atom stereocenters. The molecule has 1 aromatic rings. The highest BCUT2D eigenvalue weighted by atomic mass is 35.5. The van der Waals surface area contributed by atoms with Crippen LogP contribution in [0.3, 0.4) is 0 Å². The normalized spacial score (nSPS) is 11.8. The Bertz CT molecular complexity index is 339. The Labute approximate surface area is 104 Å². The van der Waals surface area contributed by atoms with Crippen LogP contribution >= 0.6 is 11.6 Å². The summed E-state index contributed by atoms with van der Waals surface area (Å²) in [5.41, 5.74) is 1.04. The van der Waals surface area contributed by atoms with Crippen molar-refractivity contribution < 1.29 is 13.2 Å². The molecule has 5 heteroatoms. The van der Waals surface area contributed by atoms with Gasteiger partial charge in [-0.05, 0) is 37.1 Å². The van der Waals surface area contributed by atoms with E-state index < -0.39 is 12.6 Å². The summed E-state index contributed by atoms with van der Waals surface area (Å²) in [5, 5.41) is 3.76. The molecule has 0 spiro atoms. The van der Waals surface area contributed by atoms with Gasteiger partial charge in [-0.3, -0.25) is 0 Å². The summed E-state index contributed by atoms with van der Waals surface area (Å²) in [6.07, 6.45) is -4.04. The van der Waals surface area contributed by atoms with Crippen molar-refractivity contribution in [2.24, 2.45) is 0 Å². The van der Waals surface area contributed by atoms with Crippen molar-refractivity contribution in [3.05, 3.63) is 34.9 Å². The van der Waals surface area contributed by atoms with Crippen LogP contribution in [-0.2, 0) is 6.54 Å². The van der Waals surface area contributed by atoms with Crippen LogP contribution in [0.1, 0.15) is 24.8 Å². The number of hydrogen-bond acceptors (Lipinski definition) is 1. The van der Waals surface area contributed by atoms with Crippen molar-refractivity contribution >= 4 is 11.6 Å². The van der Waals surface area contributed by atoms with Gasteiger partial charge in [0.1, 0.15) is 0 Å². The molecule has 0 aliphatic heterocycles. The molecule has 0 aromatic heterocycles. The van der Waals surface area contributed by atoms with E-state index in [2.05, 4.69) is 5.32 Å². The smallest absolute Gasteiger partial charge is 0.313 e. The number of nitrogens with one attached hydrogen (secondary N) is 1. The van der Waals surface area contributed by atoms with Crippen LogP contribution in [0, 0.1) is 0 Å². The molecule has 17 heavy (non-hydrogen) atoms. The van der Waals surface area contributed by atoms with Crippen LogP contribution in [0.15, 0.2) is 24.3 Å². The second kappa shape index (κ2) is 6.87. The summed E-state index contributed by atoms with van der Waals surface area (Å²) < 4.78 is 35.5. The highest BCUT2D eigenvalue weighted by molar-refractivity contribution is 6.30.